The molecule has 25 heavy (non-hydrogen) atoms. The average Bonchev–Trinajstić information content (AvgIpc) is 2.57. The van der Waals surface area contributed by atoms with Gasteiger partial charge in [0.25, 0.3) is 5.69 Å². The number of benzene rings is 2. The van der Waals surface area contributed by atoms with Crippen molar-refractivity contribution in [1.29, 1.82) is 0 Å². The van der Waals surface area contributed by atoms with Crippen LogP contribution in [0.4, 0.5) is 17.1 Å². The molecule has 0 heterocycles. The van der Waals surface area contributed by atoms with Crippen LogP contribution in [0.3, 0.4) is 0 Å². The van der Waals surface area contributed by atoms with Gasteiger partial charge in [-0.25, -0.2) is 0 Å². The predicted molar refractivity (Wildman–Crippen MR) is 96.3 cm³/mol. The minimum absolute atomic E-state index is 0.0609. The number of hydrogen-bond acceptors (Lipinski definition) is 5. The van der Waals surface area contributed by atoms with Crippen LogP contribution >= 0.6 is 0 Å². The number of rotatable bonds is 6. The van der Waals surface area contributed by atoms with Gasteiger partial charge in [0.2, 0.25) is 5.91 Å². The monoisotopic (exact) mass is 341 g/mol. The first-order valence-electron chi connectivity index (χ1n) is 7.63. The van der Waals surface area contributed by atoms with Crippen molar-refractivity contribution in [3.05, 3.63) is 63.2 Å². The number of hydrogen-bond donors (Lipinski definition) is 1. The van der Waals surface area contributed by atoms with Crippen LogP contribution < -0.4 is 10.2 Å². The molecule has 0 spiro atoms. The first kappa shape index (κ1) is 18.1. The highest BCUT2D eigenvalue weighted by Gasteiger charge is 2.19. The van der Waals surface area contributed by atoms with E-state index in [0.717, 1.165) is 11.1 Å². The number of aldehydes is 1. The summed E-state index contributed by atoms with van der Waals surface area (Å²) in [5, 5.41) is 14.0. The molecule has 0 aliphatic heterocycles. The number of nitrogens with zero attached hydrogens (tertiary/aromatic N) is 2. The van der Waals surface area contributed by atoms with Crippen molar-refractivity contribution in [2.75, 3.05) is 23.8 Å². The van der Waals surface area contributed by atoms with Crippen LogP contribution in [-0.2, 0) is 4.79 Å². The minimum atomic E-state index is -0.568. The highest BCUT2D eigenvalue weighted by molar-refractivity contribution is 5.95. The van der Waals surface area contributed by atoms with Crippen LogP contribution in [0.25, 0.3) is 0 Å². The second-order valence-corrected chi connectivity index (χ2v) is 5.85. The van der Waals surface area contributed by atoms with Crippen LogP contribution in [0.2, 0.25) is 0 Å². The fourth-order valence-corrected chi connectivity index (χ4v) is 2.44. The van der Waals surface area contributed by atoms with E-state index in [1.807, 2.05) is 32.0 Å². The molecule has 0 aliphatic rings. The summed E-state index contributed by atoms with van der Waals surface area (Å²) < 4.78 is 0. The van der Waals surface area contributed by atoms with Gasteiger partial charge >= 0.3 is 0 Å². The first-order chi connectivity index (χ1) is 11.8. The second kappa shape index (κ2) is 7.57. The zero-order valence-corrected chi connectivity index (χ0v) is 14.3. The number of anilines is 2. The van der Waals surface area contributed by atoms with Gasteiger partial charge in [0.1, 0.15) is 12.0 Å². The van der Waals surface area contributed by atoms with Crippen molar-refractivity contribution in [3.63, 3.8) is 0 Å². The van der Waals surface area contributed by atoms with E-state index < -0.39 is 4.92 Å². The summed E-state index contributed by atoms with van der Waals surface area (Å²) in [4.78, 5) is 35.2. The van der Waals surface area contributed by atoms with E-state index in [2.05, 4.69) is 5.32 Å². The number of nitro groups is 1. The Balaban J connectivity index is 2.17. The summed E-state index contributed by atoms with van der Waals surface area (Å²) in [6.07, 6.45) is 0.546. The Hall–Kier alpha value is -3.22. The van der Waals surface area contributed by atoms with Crippen LogP contribution in [0, 0.1) is 24.0 Å². The number of carbonyl (C=O) groups excluding carboxylic acids is 2. The summed E-state index contributed by atoms with van der Waals surface area (Å²) in [6.45, 7) is 3.76. The lowest BCUT2D eigenvalue weighted by Gasteiger charge is -2.19. The fourth-order valence-electron chi connectivity index (χ4n) is 2.44. The van der Waals surface area contributed by atoms with Gasteiger partial charge in [-0.15, -0.1) is 0 Å². The van der Waals surface area contributed by atoms with E-state index >= 15 is 0 Å². The Morgan fingerprint density at radius 3 is 2.60 bits per heavy atom. The molecule has 0 saturated heterocycles. The third-order valence-electron chi connectivity index (χ3n) is 3.79. The Morgan fingerprint density at radius 1 is 1.24 bits per heavy atom. The van der Waals surface area contributed by atoms with Gasteiger partial charge in [-0.1, -0.05) is 12.1 Å². The molecule has 0 unspecified atom stereocenters. The number of aryl methyl sites for hydroxylation is 2. The minimum Gasteiger partial charge on any atom is -0.360 e. The first-order valence-corrected chi connectivity index (χ1v) is 7.63. The molecule has 0 atom stereocenters. The number of amides is 1. The molecule has 0 radical (unpaired) electrons. The van der Waals surface area contributed by atoms with Gasteiger partial charge in [-0.05, 0) is 43.2 Å². The Morgan fingerprint density at radius 2 is 1.96 bits per heavy atom. The molecule has 1 amide bonds. The molecular formula is C18H19N3O4. The summed E-state index contributed by atoms with van der Waals surface area (Å²) in [7, 11) is 1.59. The molecule has 7 heteroatoms. The molecule has 2 aromatic carbocycles. The lowest BCUT2D eigenvalue weighted by atomic mass is 10.1. The zero-order valence-electron chi connectivity index (χ0n) is 14.3. The van der Waals surface area contributed by atoms with E-state index in [-0.39, 0.29) is 29.4 Å². The summed E-state index contributed by atoms with van der Waals surface area (Å²) in [6, 6.07) is 9.88. The van der Waals surface area contributed by atoms with Gasteiger partial charge in [-0.3, -0.25) is 19.7 Å². The van der Waals surface area contributed by atoms with Crippen molar-refractivity contribution < 1.29 is 14.5 Å². The number of nitrogens with one attached hydrogen (secondary N) is 1. The van der Waals surface area contributed by atoms with Crippen LogP contribution in [0.5, 0.6) is 0 Å². The molecule has 2 aromatic rings. The highest BCUT2D eigenvalue weighted by Crippen LogP contribution is 2.28. The maximum absolute atomic E-state index is 12.3. The summed E-state index contributed by atoms with van der Waals surface area (Å²) in [5.41, 5.74) is 2.93. The molecule has 2 rings (SSSR count). The molecule has 0 aliphatic carbocycles. The van der Waals surface area contributed by atoms with Gasteiger partial charge in [-0.2, -0.15) is 0 Å². The van der Waals surface area contributed by atoms with Crippen molar-refractivity contribution in [2.45, 2.75) is 13.8 Å². The quantitative estimate of drug-likeness (QED) is 0.495. The average molecular weight is 341 g/mol. The lowest BCUT2D eigenvalue weighted by Crippen LogP contribution is -2.30. The van der Waals surface area contributed by atoms with E-state index in [1.54, 1.807) is 7.05 Å². The highest BCUT2D eigenvalue weighted by atomic mass is 16.6. The third-order valence-corrected chi connectivity index (χ3v) is 3.79. The largest absolute Gasteiger partial charge is 0.360 e. The maximum atomic E-state index is 12.3. The van der Waals surface area contributed by atoms with Crippen molar-refractivity contribution >= 4 is 29.3 Å². The second-order valence-electron chi connectivity index (χ2n) is 5.85. The van der Waals surface area contributed by atoms with Crippen LogP contribution in [-0.4, -0.2) is 30.7 Å². The number of carbonyl (C=O) groups is 2. The van der Waals surface area contributed by atoms with Gasteiger partial charge in [0.15, 0.2) is 0 Å². The molecular weight excluding hydrogens is 322 g/mol. The van der Waals surface area contributed by atoms with E-state index in [4.69, 9.17) is 0 Å². The van der Waals surface area contributed by atoms with Crippen molar-refractivity contribution in [2.24, 2.45) is 0 Å². The predicted octanol–water partition coefficient (Wildman–Crippen LogP) is 3.10. The Bertz CT molecular complexity index is 833. The van der Waals surface area contributed by atoms with Crippen LogP contribution in [0.1, 0.15) is 21.5 Å². The number of nitro benzene ring substituents is 1. The fraction of sp³-hybridized carbons (Fsp3) is 0.222. The Kier molecular flexibility index (Phi) is 5.49. The van der Waals surface area contributed by atoms with Gasteiger partial charge < -0.3 is 10.2 Å². The third kappa shape index (κ3) is 4.41. The topological polar surface area (TPSA) is 92.6 Å². The molecule has 130 valence electrons. The number of likely N-dealkylation sites (N-methyl/N-ethyl adjacent to an activating group) is 1. The molecule has 0 bridgehead atoms. The van der Waals surface area contributed by atoms with E-state index in [9.17, 15) is 19.7 Å². The van der Waals surface area contributed by atoms with Gasteiger partial charge in [0.05, 0.1) is 11.5 Å². The molecule has 1 N–H and O–H groups in total. The normalized spacial score (nSPS) is 10.2. The zero-order chi connectivity index (χ0) is 18.6. The van der Waals surface area contributed by atoms with E-state index in [1.165, 1.54) is 23.1 Å². The Labute approximate surface area is 145 Å². The maximum Gasteiger partial charge on any atom is 0.293 e. The lowest BCUT2D eigenvalue weighted by molar-refractivity contribution is -0.384. The smallest absolute Gasteiger partial charge is 0.293 e. The van der Waals surface area contributed by atoms with Crippen molar-refractivity contribution in [3.8, 4) is 0 Å². The summed E-state index contributed by atoms with van der Waals surface area (Å²) in [5.74, 6) is -0.287. The van der Waals surface area contributed by atoms with Crippen molar-refractivity contribution in [1.82, 2.24) is 0 Å². The van der Waals surface area contributed by atoms with Crippen LogP contribution in [0.15, 0.2) is 36.4 Å². The molecule has 0 aromatic heterocycles. The molecule has 0 fully saturated rings. The van der Waals surface area contributed by atoms with E-state index in [0.29, 0.717) is 12.0 Å². The molecule has 7 nitrogen and oxygen atoms in total. The SMILES string of the molecule is Cc1ccc(C)c(NC(=O)CN(C)c2ccc(C=O)cc2[N+](=O)[O-])c1. The summed E-state index contributed by atoms with van der Waals surface area (Å²) >= 11 is 0. The van der Waals surface area contributed by atoms with Gasteiger partial charge in [0, 0.05) is 24.4 Å². The standard InChI is InChI=1S/C18H19N3O4/c1-12-4-5-13(2)15(8-12)19-18(23)10-20(3)16-7-6-14(11-22)9-17(16)21(24)25/h4-9,11H,10H2,1-3H3,(H,19,23). The molecule has 0 saturated carbocycles.